The molecule has 3 aromatic rings. The van der Waals surface area contributed by atoms with Crippen LogP contribution in [0.5, 0.6) is 5.75 Å². The van der Waals surface area contributed by atoms with Gasteiger partial charge in [0.25, 0.3) is 5.69 Å². The maximum Gasteiger partial charge on any atom is 0.271 e. The normalized spacial score (nSPS) is 13.7. The highest BCUT2D eigenvalue weighted by Gasteiger charge is 2.23. The molecule has 7 nitrogen and oxygen atoms in total. The Balaban J connectivity index is 1.71. The number of carbonyl (C=O) groups excluding carboxylic acids is 1. The van der Waals surface area contributed by atoms with E-state index < -0.39 is 4.92 Å². The van der Waals surface area contributed by atoms with Gasteiger partial charge < -0.3 is 14.5 Å². The summed E-state index contributed by atoms with van der Waals surface area (Å²) in [5.74, 6) is 1.37. The van der Waals surface area contributed by atoms with Gasteiger partial charge in [-0.05, 0) is 57.2 Å². The summed E-state index contributed by atoms with van der Waals surface area (Å²) in [6.45, 7) is 5.62. The number of nitro groups is 1. The van der Waals surface area contributed by atoms with E-state index in [0.29, 0.717) is 11.4 Å². The maximum absolute atomic E-state index is 12.7. The van der Waals surface area contributed by atoms with Crippen LogP contribution in [0.15, 0.2) is 34.8 Å². The fraction of sp³-hybridized carbons (Fsp3) is 0.320. The average Bonchev–Trinajstić information content (AvgIpc) is 3.14. The lowest BCUT2D eigenvalue weighted by Crippen LogP contribution is -2.10. The molecule has 0 saturated carbocycles. The second kappa shape index (κ2) is 8.49. The second-order valence-electron chi connectivity index (χ2n) is 8.24. The van der Waals surface area contributed by atoms with E-state index in [1.165, 1.54) is 23.8 Å². The van der Waals surface area contributed by atoms with Gasteiger partial charge in [-0.3, -0.25) is 14.9 Å². The molecular weight excluding hydrogens is 408 g/mol. The lowest BCUT2D eigenvalue weighted by molar-refractivity contribution is -0.384. The largest absolute Gasteiger partial charge is 0.496 e. The monoisotopic (exact) mass is 434 g/mol. The second-order valence-corrected chi connectivity index (χ2v) is 8.24. The van der Waals surface area contributed by atoms with E-state index in [1.807, 2.05) is 19.9 Å². The third-order valence-electron chi connectivity index (χ3n) is 6.09. The molecule has 1 aromatic heterocycles. The Morgan fingerprint density at radius 1 is 1.22 bits per heavy atom. The summed E-state index contributed by atoms with van der Waals surface area (Å²) >= 11 is 0. The zero-order chi connectivity index (χ0) is 23.0. The third kappa shape index (κ3) is 3.86. The van der Waals surface area contributed by atoms with Crippen molar-refractivity contribution < 1.29 is 18.9 Å². The standard InChI is InChI=1S/C25H26N2O5/c1-14-9-10-17(27(29)30)12-21(14)26-23(28)11-15(2)19-13-20-18-7-5-6-8-22(18)32-25(20)16(3)24(19)31-4/h9-13H,5-8H2,1-4H3,(H,26,28)/b15-11+. The average molecular weight is 434 g/mol. The predicted molar refractivity (Wildman–Crippen MR) is 124 cm³/mol. The molecular formula is C25H26N2O5. The molecule has 7 heteroatoms. The molecule has 2 aromatic carbocycles. The number of rotatable bonds is 5. The maximum atomic E-state index is 12.7. The molecule has 1 amide bonds. The molecule has 0 unspecified atom stereocenters. The van der Waals surface area contributed by atoms with Crippen molar-refractivity contribution in [3.8, 4) is 5.75 Å². The first kappa shape index (κ1) is 21.6. The van der Waals surface area contributed by atoms with Crippen LogP contribution in [0.3, 0.4) is 0 Å². The van der Waals surface area contributed by atoms with E-state index >= 15 is 0 Å². The smallest absolute Gasteiger partial charge is 0.271 e. The van der Waals surface area contributed by atoms with E-state index in [4.69, 9.17) is 9.15 Å². The Kier molecular flexibility index (Phi) is 5.74. The van der Waals surface area contributed by atoms with Crippen molar-refractivity contribution in [2.24, 2.45) is 0 Å². The van der Waals surface area contributed by atoms with Crippen LogP contribution in [0.4, 0.5) is 11.4 Å². The molecule has 1 heterocycles. The first-order valence-electron chi connectivity index (χ1n) is 10.7. The minimum absolute atomic E-state index is 0.0703. The number of non-ortho nitro benzene ring substituents is 1. The van der Waals surface area contributed by atoms with Crippen molar-refractivity contribution in [2.75, 3.05) is 12.4 Å². The van der Waals surface area contributed by atoms with Crippen molar-refractivity contribution in [1.29, 1.82) is 0 Å². The van der Waals surface area contributed by atoms with Crippen LogP contribution in [0.25, 0.3) is 16.5 Å². The fourth-order valence-electron chi connectivity index (χ4n) is 4.39. The van der Waals surface area contributed by atoms with Crippen molar-refractivity contribution >= 4 is 33.8 Å². The number of nitrogens with one attached hydrogen (secondary N) is 1. The SMILES string of the molecule is COc1c(/C(C)=C/C(=O)Nc2cc([N+](=O)[O-])ccc2C)cc2c3c(oc2c1C)CCCC3. The zero-order valence-electron chi connectivity index (χ0n) is 18.7. The van der Waals surface area contributed by atoms with Gasteiger partial charge in [-0.2, -0.15) is 0 Å². The lowest BCUT2D eigenvalue weighted by Gasteiger charge is -2.14. The first-order chi connectivity index (χ1) is 15.3. The van der Waals surface area contributed by atoms with Crippen LogP contribution >= 0.6 is 0 Å². The van der Waals surface area contributed by atoms with Crippen LogP contribution in [0.2, 0.25) is 0 Å². The van der Waals surface area contributed by atoms with Crippen molar-refractivity contribution in [2.45, 2.75) is 46.5 Å². The number of nitrogens with zero attached hydrogens (tertiary/aromatic N) is 1. The molecule has 0 atom stereocenters. The van der Waals surface area contributed by atoms with Crippen LogP contribution in [-0.2, 0) is 17.6 Å². The van der Waals surface area contributed by atoms with Gasteiger partial charge in [-0.25, -0.2) is 0 Å². The molecule has 1 N–H and O–H groups in total. The van der Waals surface area contributed by atoms with E-state index in [0.717, 1.165) is 64.7 Å². The number of furan rings is 1. The van der Waals surface area contributed by atoms with Gasteiger partial charge >= 0.3 is 0 Å². The number of aryl methyl sites for hydroxylation is 4. The van der Waals surface area contributed by atoms with E-state index in [-0.39, 0.29) is 11.6 Å². The summed E-state index contributed by atoms with van der Waals surface area (Å²) in [6.07, 6.45) is 5.70. The summed E-state index contributed by atoms with van der Waals surface area (Å²) < 4.78 is 11.9. The Morgan fingerprint density at radius 2 is 1.97 bits per heavy atom. The Morgan fingerprint density at radius 3 is 2.69 bits per heavy atom. The molecule has 1 aliphatic rings. The van der Waals surface area contributed by atoms with Crippen LogP contribution in [0.1, 0.15) is 47.8 Å². The number of nitro benzene ring substituents is 1. The van der Waals surface area contributed by atoms with Gasteiger partial charge in [0, 0.05) is 46.7 Å². The van der Waals surface area contributed by atoms with Crippen LogP contribution < -0.4 is 10.1 Å². The molecule has 0 saturated heterocycles. The number of carbonyl (C=O) groups is 1. The highest BCUT2D eigenvalue weighted by molar-refractivity contribution is 6.05. The van der Waals surface area contributed by atoms with Crippen LogP contribution in [0, 0.1) is 24.0 Å². The number of hydrogen-bond donors (Lipinski definition) is 1. The number of hydrogen-bond acceptors (Lipinski definition) is 5. The number of amides is 1. The van der Waals surface area contributed by atoms with Gasteiger partial charge in [0.05, 0.1) is 17.7 Å². The highest BCUT2D eigenvalue weighted by atomic mass is 16.6. The number of benzene rings is 2. The lowest BCUT2D eigenvalue weighted by atomic mass is 9.93. The summed E-state index contributed by atoms with van der Waals surface area (Å²) in [5.41, 5.74) is 5.67. The molecule has 0 aliphatic heterocycles. The molecule has 0 radical (unpaired) electrons. The number of ether oxygens (including phenoxy) is 1. The quantitative estimate of drug-likeness (QED) is 0.307. The molecule has 32 heavy (non-hydrogen) atoms. The van der Waals surface area contributed by atoms with Crippen molar-refractivity contribution in [3.63, 3.8) is 0 Å². The van der Waals surface area contributed by atoms with Gasteiger partial charge in [-0.1, -0.05) is 6.07 Å². The number of allylic oxidation sites excluding steroid dienone is 1. The molecule has 166 valence electrons. The van der Waals surface area contributed by atoms with Crippen molar-refractivity contribution in [1.82, 2.24) is 0 Å². The van der Waals surface area contributed by atoms with Gasteiger partial charge in [-0.15, -0.1) is 0 Å². The van der Waals surface area contributed by atoms with Gasteiger partial charge in [0.2, 0.25) is 5.91 Å². The summed E-state index contributed by atoms with van der Waals surface area (Å²) in [7, 11) is 1.61. The summed E-state index contributed by atoms with van der Waals surface area (Å²) in [6, 6.07) is 6.45. The Labute approximate surface area is 186 Å². The minimum Gasteiger partial charge on any atom is -0.496 e. The molecule has 0 spiro atoms. The van der Waals surface area contributed by atoms with Gasteiger partial charge in [0.1, 0.15) is 17.1 Å². The minimum atomic E-state index is -0.482. The van der Waals surface area contributed by atoms with Crippen molar-refractivity contribution in [3.05, 3.63) is 68.5 Å². The predicted octanol–water partition coefficient (Wildman–Crippen LogP) is 5.89. The third-order valence-corrected chi connectivity index (χ3v) is 6.09. The topological polar surface area (TPSA) is 94.6 Å². The first-order valence-corrected chi connectivity index (χ1v) is 10.7. The van der Waals surface area contributed by atoms with Gasteiger partial charge in [0.15, 0.2) is 0 Å². The highest BCUT2D eigenvalue weighted by Crippen LogP contribution is 2.41. The van der Waals surface area contributed by atoms with E-state index in [2.05, 4.69) is 5.32 Å². The number of methoxy groups -OCH3 is 1. The molecule has 4 rings (SSSR count). The molecule has 0 bridgehead atoms. The Bertz CT molecular complexity index is 1270. The number of anilines is 1. The molecule has 1 aliphatic carbocycles. The fourth-order valence-corrected chi connectivity index (χ4v) is 4.39. The summed E-state index contributed by atoms with van der Waals surface area (Å²) in [4.78, 5) is 23.3. The number of fused-ring (bicyclic) bond motifs is 3. The van der Waals surface area contributed by atoms with E-state index in [1.54, 1.807) is 20.1 Å². The Hall–Kier alpha value is -3.61. The molecule has 0 fully saturated rings. The summed E-state index contributed by atoms with van der Waals surface area (Å²) in [5, 5.41) is 14.9. The van der Waals surface area contributed by atoms with Crippen LogP contribution in [-0.4, -0.2) is 17.9 Å². The zero-order valence-corrected chi connectivity index (χ0v) is 18.7. The van der Waals surface area contributed by atoms with E-state index in [9.17, 15) is 14.9 Å².